The third kappa shape index (κ3) is 2.05. The van der Waals surface area contributed by atoms with E-state index in [0.717, 1.165) is 22.3 Å². The van der Waals surface area contributed by atoms with Crippen molar-refractivity contribution >= 4 is 29.1 Å². The molecule has 102 valence electrons. The minimum atomic E-state index is -1.81. The Morgan fingerprint density at radius 2 is 1.85 bits per heavy atom. The van der Waals surface area contributed by atoms with Gasteiger partial charge in [-0.25, -0.2) is 4.20 Å². The lowest BCUT2D eigenvalue weighted by Crippen LogP contribution is -2.14. The van der Waals surface area contributed by atoms with E-state index in [4.69, 9.17) is 4.20 Å². The van der Waals surface area contributed by atoms with Crippen LogP contribution in [0.4, 0.5) is 0 Å². The fourth-order valence-corrected chi connectivity index (χ4v) is 3.52. The molecular weight excluding hydrogens is 267 g/mol. The average Bonchev–Trinajstić information content (AvgIpc) is 2.47. The van der Waals surface area contributed by atoms with Gasteiger partial charge in [0.15, 0.2) is 5.58 Å². The van der Waals surface area contributed by atoms with Crippen molar-refractivity contribution in [3.05, 3.63) is 48.0 Å². The van der Waals surface area contributed by atoms with Crippen LogP contribution in [0, 0.1) is 0 Å². The number of hydrogen-bond acceptors (Lipinski definition) is 2. The molecule has 20 heavy (non-hydrogen) atoms. The third-order valence-corrected chi connectivity index (χ3v) is 5.34. The van der Waals surface area contributed by atoms with Gasteiger partial charge in [0.1, 0.15) is 0 Å². The first-order valence-electron chi connectivity index (χ1n) is 6.92. The van der Waals surface area contributed by atoms with Gasteiger partial charge in [-0.15, -0.1) is 0 Å². The predicted molar refractivity (Wildman–Crippen MR) is 84.6 cm³/mol. The summed E-state index contributed by atoms with van der Waals surface area (Å²) in [6, 6.07) is 14.0. The smallest absolute Gasteiger partial charge is 0.250 e. The van der Waals surface area contributed by atoms with Gasteiger partial charge in [-0.1, -0.05) is 45.0 Å². The van der Waals surface area contributed by atoms with Gasteiger partial charge in [-0.3, -0.25) is 0 Å². The molecule has 0 spiro atoms. The Labute approximate surface area is 119 Å². The highest BCUT2D eigenvalue weighted by Gasteiger charge is 2.23. The van der Waals surface area contributed by atoms with E-state index < -0.39 is 7.65 Å². The summed E-state index contributed by atoms with van der Waals surface area (Å²) in [6.07, 6.45) is 1.04. The lowest BCUT2D eigenvalue weighted by atomic mass is 9.82. The monoisotopic (exact) mass is 285 g/mol. The van der Waals surface area contributed by atoms with Crippen LogP contribution in [0.1, 0.15) is 32.8 Å². The molecule has 1 atom stereocenters. The molecule has 3 aromatic rings. The quantitative estimate of drug-likeness (QED) is 0.539. The molecule has 0 N–H and O–H groups in total. The summed E-state index contributed by atoms with van der Waals surface area (Å²) in [6.45, 7) is 6.59. The number of rotatable bonds is 2. The Kier molecular flexibility index (Phi) is 3.14. The highest BCUT2D eigenvalue weighted by molar-refractivity contribution is 7.37. The first-order chi connectivity index (χ1) is 9.53. The summed E-state index contributed by atoms with van der Waals surface area (Å²) >= 11 is 0. The van der Waals surface area contributed by atoms with Crippen LogP contribution >= 0.6 is 7.65 Å². The van der Waals surface area contributed by atoms with Crippen LogP contribution in [0.3, 0.4) is 0 Å². The maximum absolute atomic E-state index is 12.3. The van der Waals surface area contributed by atoms with Crippen LogP contribution in [0.2, 0.25) is 0 Å². The van der Waals surface area contributed by atoms with Gasteiger partial charge in [0, 0.05) is 10.8 Å². The number of para-hydroxylation sites is 1. The molecule has 0 saturated carbocycles. The second-order valence-corrected chi connectivity index (χ2v) is 6.99. The minimum absolute atomic E-state index is 0.0855. The molecule has 0 radical (unpaired) electrons. The first-order valence-corrected chi connectivity index (χ1v) is 8.10. The number of hydrogen-bond donors (Lipinski definition) is 0. The molecule has 0 fully saturated rings. The normalized spacial score (nSPS) is 13.1. The highest BCUT2D eigenvalue weighted by atomic mass is 31.1. The van der Waals surface area contributed by atoms with Crippen molar-refractivity contribution in [2.45, 2.75) is 32.6 Å². The number of benzene rings is 2. The molecule has 3 rings (SSSR count). The maximum atomic E-state index is 12.3. The van der Waals surface area contributed by atoms with Crippen molar-refractivity contribution in [2.24, 2.45) is 0 Å². The predicted octanol–water partition coefficient (Wildman–Crippen LogP) is 6.02. The summed E-state index contributed by atoms with van der Waals surface area (Å²) in [5.41, 5.74) is 2.01. The Bertz CT molecular complexity index is 846. The molecule has 0 saturated heterocycles. The topological polar surface area (TPSA) is 30.2 Å². The summed E-state index contributed by atoms with van der Waals surface area (Å²) in [5, 5.41) is 2.87. The van der Waals surface area contributed by atoms with E-state index in [9.17, 15) is 4.57 Å². The van der Waals surface area contributed by atoms with E-state index in [1.807, 2.05) is 30.3 Å². The largest absolute Gasteiger partial charge is 0.597 e. The molecule has 3 heteroatoms. The van der Waals surface area contributed by atoms with Crippen LogP contribution in [0.25, 0.3) is 21.5 Å². The van der Waals surface area contributed by atoms with Crippen molar-refractivity contribution in [3.63, 3.8) is 0 Å². The van der Waals surface area contributed by atoms with Crippen LogP contribution in [-0.2, 0) is 9.98 Å². The zero-order valence-corrected chi connectivity index (χ0v) is 12.9. The van der Waals surface area contributed by atoms with E-state index in [-0.39, 0.29) is 5.41 Å². The van der Waals surface area contributed by atoms with Crippen LogP contribution in [0.15, 0.2) is 46.7 Å². The van der Waals surface area contributed by atoms with E-state index in [0.29, 0.717) is 5.58 Å². The highest BCUT2D eigenvalue weighted by Crippen LogP contribution is 2.38. The molecule has 2 nitrogen and oxygen atoms in total. The Hall–Kier alpha value is -1.66. The summed E-state index contributed by atoms with van der Waals surface area (Å²) < 4.78 is 17.9. The maximum Gasteiger partial charge on any atom is 0.597 e. The van der Waals surface area contributed by atoms with Gasteiger partial charge in [0.2, 0.25) is 5.12 Å². The molecule has 0 aliphatic heterocycles. The summed E-state index contributed by atoms with van der Waals surface area (Å²) in [5.74, 6) is 0. The van der Waals surface area contributed by atoms with Crippen LogP contribution < -0.4 is 0 Å². The van der Waals surface area contributed by atoms with Gasteiger partial charge in [-0.05, 0) is 40.2 Å². The van der Waals surface area contributed by atoms with E-state index >= 15 is 0 Å². The van der Waals surface area contributed by atoms with E-state index in [1.54, 1.807) is 0 Å². The van der Waals surface area contributed by atoms with Crippen molar-refractivity contribution in [3.8, 4) is 0 Å². The third-order valence-electron chi connectivity index (χ3n) is 4.22. The SMILES string of the molecule is CCC(C)(C)c1ccc2c3ccccc3o[p+](=O)c2c1. The zero-order valence-electron chi connectivity index (χ0n) is 12.0. The first kappa shape index (κ1) is 13.3. The van der Waals surface area contributed by atoms with Gasteiger partial charge in [0.05, 0.1) is 0 Å². The molecule has 1 unspecified atom stereocenters. The van der Waals surface area contributed by atoms with Crippen molar-refractivity contribution in [1.82, 2.24) is 0 Å². The van der Waals surface area contributed by atoms with Crippen LogP contribution in [-0.4, -0.2) is 0 Å². The Balaban J connectivity index is 2.39. The van der Waals surface area contributed by atoms with Crippen LogP contribution in [0.5, 0.6) is 0 Å². The molecular formula is C17H18O2P+. The standard InChI is InChI=1S/C17H18O2P/c1-4-17(2,3)12-9-10-14-13-7-5-6-8-15(13)19-20(18)16(14)11-12/h5-11H,4H2,1-3H3/q+1. The molecule has 0 bridgehead atoms. The van der Waals surface area contributed by atoms with Gasteiger partial charge >= 0.3 is 7.65 Å². The lowest BCUT2D eigenvalue weighted by Gasteiger charge is -2.22. The summed E-state index contributed by atoms with van der Waals surface area (Å²) in [7, 11) is -1.81. The molecule has 1 heterocycles. The minimum Gasteiger partial charge on any atom is -0.250 e. The fourth-order valence-electron chi connectivity index (χ4n) is 2.44. The van der Waals surface area contributed by atoms with Crippen molar-refractivity contribution in [1.29, 1.82) is 0 Å². The summed E-state index contributed by atoms with van der Waals surface area (Å²) in [4.78, 5) is 0. The van der Waals surface area contributed by atoms with Gasteiger partial charge in [0.25, 0.3) is 0 Å². The second kappa shape index (κ2) is 4.71. The average molecular weight is 285 g/mol. The fraction of sp³-hybridized carbons (Fsp3) is 0.294. The van der Waals surface area contributed by atoms with Gasteiger partial charge in [-0.2, -0.15) is 0 Å². The number of fused-ring (bicyclic) bond motifs is 3. The molecule has 0 aliphatic rings. The van der Waals surface area contributed by atoms with E-state index in [1.165, 1.54) is 5.56 Å². The Morgan fingerprint density at radius 1 is 1.10 bits per heavy atom. The molecule has 2 aromatic carbocycles. The van der Waals surface area contributed by atoms with Crippen molar-refractivity contribution < 1.29 is 8.76 Å². The molecule has 0 aliphatic carbocycles. The second-order valence-electron chi connectivity index (χ2n) is 5.81. The lowest BCUT2D eigenvalue weighted by molar-refractivity contribution is 0.507. The molecule has 1 aromatic heterocycles. The van der Waals surface area contributed by atoms with Gasteiger partial charge < -0.3 is 0 Å². The van der Waals surface area contributed by atoms with E-state index in [2.05, 4.69) is 32.9 Å². The zero-order chi connectivity index (χ0) is 14.3. The Morgan fingerprint density at radius 3 is 2.60 bits per heavy atom. The van der Waals surface area contributed by atoms with Crippen molar-refractivity contribution in [2.75, 3.05) is 0 Å². The molecule has 0 amide bonds.